The minimum absolute atomic E-state index is 0.0553. The molecule has 2 saturated heterocycles. The van der Waals surface area contributed by atoms with Crippen LogP contribution in [-0.4, -0.2) is 80.7 Å². The van der Waals surface area contributed by atoms with Crippen LogP contribution in [0.5, 0.6) is 0 Å². The molecule has 2 aromatic rings. The summed E-state index contributed by atoms with van der Waals surface area (Å²) in [5.41, 5.74) is 1.42. The van der Waals surface area contributed by atoms with Gasteiger partial charge in [0.2, 0.25) is 5.91 Å². The normalized spacial score (nSPS) is 25.0. The quantitative estimate of drug-likeness (QED) is 0.777. The number of rotatable bonds is 2. The monoisotopic (exact) mass is 383 g/mol. The summed E-state index contributed by atoms with van der Waals surface area (Å²) in [6.45, 7) is 2.90. The first-order valence-electron chi connectivity index (χ1n) is 9.55. The molecule has 0 saturated carbocycles. The first-order valence-corrected chi connectivity index (χ1v) is 9.55. The molecule has 2 unspecified atom stereocenters. The smallest absolute Gasteiger partial charge is 0.251 e. The summed E-state index contributed by atoms with van der Waals surface area (Å²) in [4.78, 5) is 29.4. The molecule has 3 aliphatic rings. The number of carbonyl (C=O) groups excluding carboxylic acids is 2. The Kier molecular flexibility index (Phi) is 4.29. The van der Waals surface area contributed by atoms with E-state index < -0.39 is 6.04 Å². The van der Waals surface area contributed by atoms with Crippen molar-refractivity contribution in [1.82, 2.24) is 30.0 Å². The number of hydrogen-bond donors (Lipinski definition) is 1. The van der Waals surface area contributed by atoms with Gasteiger partial charge in [-0.25, -0.2) is 0 Å². The molecule has 0 spiro atoms. The van der Waals surface area contributed by atoms with Crippen LogP contribution < -0.4 is 5.32 Å². The molecule has 3 aliphatic heterocycles. The van der Waals surface area contributed by atoms with Crippen LogP contribution in [-0.2, 0) is 14.3 Å². The lowest BCUT2D eigenvalue weighted by Gasteiger charge is -2.38. The van der Waals surface area contributed by atoms with Crippen LogP contribution in [0.15, 0.2) is 24.3 Å². The molecule has 2 atom stereocenters. The predicted octanol–water partition coefficient (Wildman–Crippen LogP) is -0.0213. The molecule has 0 bridgehead atoms. The van der Waals surface area contributed by atoms with E-state index in [4.69, 9.17) is 4.74 Å². The van der Waals surface area contributed by atoms with E-state index in [1.54, 1.807) is 4.68 Å². The van der Waals surface area contributed by atoms with E-state index in [0.717, 1.165) is 18.5 Å². The van der Waals surface area contributed by atoms with Crippen molar-refractivity contribution >= 4 is 17.5 Å². The maximum absolute atomic E-state index is 13.0. The molecule has 1 N–H and O–H groups in total. The number of para-hydroxylation sites is 2. The lowest BCUT2D eigenvalue weighted by atomic mass is 10.1. The molecule has 28 heavy (non-hydrogen) atoms. The summed E-state index contributed by atoms with van der Waals surface area (Å²) >= 11 is 0. The van der Waals surface area contributed by atoms with Crippen LogP contribution in [0.4, 0.5) is 5.69 Å². The van der Waals surface area contributed by atoms with Gasteiger partial charge < -0.3 is 15.0 Å². The number of amides is 2. The van der Waals surface area contributed by atoms with Crippen LogP contribution in [0.1, 0.15) is 24.7 Å². The van der Waals surface area contributed by atoms with Crippen LogP contribution in [0.3, 0.4) is 0 Å². The Labute approximate surface area is 161 Å². The number of anilines is 1. The number of aromatic nitrogens is 4. The van der Waals surface area contributed by atoms with E-state index in [2.05, 4.69) is 20.8 Å². The van der Waals surface area contributed by atoms with Gasteiger partial charge in [0.15, 0.2) is 11.9 Å². The number of piperazine rings is 1. The maximum atomic E-state index is 13.0. The van der Waals surface area contributed by atoms with E-state index in [-0.39, 0.29) is 17.9 Å². The molecular weight excluding hydrogens is 362 g/mol. The van der Waals surface area contributed by atoms with E-state index >= 15 is 0 Å². The molecule has 10 nitrogen and oxygen atoms in total. The fraction of sp³-hybridized carbons (Fsp3) is 0.500. The average Bonchev–Trinajstić information content (AvgIpc) is 3.39. The van der Waals surface area contributed by atoms with Crippen molar-refractivity contribution in [2.45, 2.75) is 25.0 Å². The van der Waals surface area contributed by atoms with Gasteiger partial charge in [0.05, 0.1) is 11.4 Å². The van der Waals surface area contributed by atoms with Gasteiger partial charge in [-0.15, -0.1) is 5.10 Å². The Morgan fingerprint density at radius 3 is 2.79 bits per heavy atom. The van der Waals surface area contributed by atoms with Gasteiger partial charge in [0.1, 0.15) is 6.10 Å². The molecule has 4 heterocycles. The van der Waals surface area contributed by atoms with Gasteiger partial charge in [0, 0.05) is 32.8 Å². The topological polar surface area (TPSA) is 105 Å². The summed E-state index contributed by atoms with van der Waals surface area (Å²) in [7, 11) is 0. The fourth-order valence-electron chi connectivity index (χ4n) is 4.12. The highest BCUT2D eigenvalue weighted by Crippen LogP contribution is 2.31. The highest BCUT2D eigenvalue weighted by molar-refractivity contribution is 5.98. The highest BCUT2D eigenvalue weighted by Gasteiger charge is 2.39. The minimum Gasteiger partial charge on any atom is -0.368 e. The van der Waals surface area contributed by atoms with E-state index in [0.29, 0.717) is 44.3 Å². The Morgan fingerprint density at radius 2 is 2.00 bits per heavy atom. The van der Waals surface area contributed by atoms with E-state index in [9.17, 15) is 9.59 Å². The molecule has 5 rings (SSSR count). The zero-order valence-corrected chi connectivity index (χ0v) is 15.3. The summed E-state index contributed by atoms with van der Waals surface area (Å²) < 4.78 is 7.13. The standard InChI is InChI=1S/C18H21N7O3/c26-17-15(16-20-21-22-25(16)13-5-2-1-4-12(13)19-17)23-7-9-24(10-8-23)18(27)14-6-3-11-28-14/h1-2,4-5,14-15H,3,6-11H2,(H,19,26). The van der Waals surface area contributed by atoms with Crippen molar-refractivity contribution in [2.75, 3.05) is 38.1 Å². The van der Waals surface area contributed by atoms with Crippen LogP contribution >= 0.6 is 0 Å². The van der Waals surface area contributed by atoms with Crippen LogP contribution in [0.25, 0.3) is 5.69 Å². The van der Waals surface area contributed by atoms with Crippen molar-refractivity contribution < 1.29 is 14.3 Å². The molecule has 2 fully saturated rings. The Morgan fingerprint density at radius 1 is 1.18 bits per heavy atom. The van der Waals surface area contributed by atoms with E-state index in [1.165, 1.54) is 0 Å². The Bertz CT molecular complexity index is 900. The second kappa shape index (κ2) is 6.95. The number of carbonyl (C=O) groups is 2. The van der Waals surface area contributed by atoms with Gasteiger partial charge in [-0.05, 0) is 35.4 Å². The fourth-order valence-corrected chi connectivity index (χ4v) is 4.12. The van der Waals surface area contributed by atoms with Gasteiger partial charge >= 0.3 is 0 Å². The van der Waals surface area contributed by atoms with Crippen molar-refractivity contribution in [2.24, 2.45) is 0 Å². The third-order valence-corrected chi connectivity index (χ3v) is 5.57. The SMILES string of the molecule is O=C1Nc2ccccc2-n2nnnc2C1N1CCN(C(=O)C2CCCO2)CC1. The first kappa shape index (κ1) is 17.3. The van der Waals surface area contributed by atoms with Crippen LogP contribution in [0, 0.1) is 0 Å². The predicted molar refractivity (Wildman–Crippen MR) is 97.7 cm³/mol. The van der Waals surface area contributed by atoms with Gasteiger partial charge in [-0.1, -0.05) is 12.1 Å². The second-order valence-electron chi connectivity index (χ2n) is 7.22. The number of tetrazole rings is 1. The van der Waals surface area contributed by atoms with Crippen molar-refractivity contribution in [1.29, 1.82) is 0 Å². The number of nitrogens with zero attached hydrogens (tertiary/aromatic N) is 6. The maximum Gasteiger partial charge on any atom is 0.251 e. The molecule has 2 amide bonds. The van der Waals surface area contributed by atoms with Crippen LogP contribution in [0.2, 0.25) is 0 Å². The van der Waals surface area contributed by atoms with Gasteiger partial charge in [-0.2, -0.15) is 4.68 Å². The minimum atomic E-state index is -0.609. The Balaban J connectivity index is 1.36. The Hall–Kier alpha value is -2.85. The first-order chi connectivity index (χ1) is 13.7. The largest absolute Gasteiger partial charge is 0.368 e. The number of benzene rings is 1. The highest BCUT2D eigenvalue weighted by atomic mass is 16.5. The lowest BCUT2D eigenvalue weighted by molar-refractivity contribution is -0.143. The second-order valence-corrected chi connectivity index (χ2v) is 7.22. The number of hydrogen-bond acceptors (Lipinski definition) is 7. The molecule has 146 valence electrons. The molecule has 0 radical (unpaired) electrons. The average molecular weight is 383 g/mol. The molecule has 0 aliphatic carbocycles. The summed E-state index contributed by atoms with van der Waals surface area (Å²) in [5.74, 6) is 0.376. The third-order valence-electron chi connectivity index (χ3n) is 5.57. The van der Waals surface area contributed by atoms with Crippen molar-refractivity contribution in [3.63, 3.8) is 0 Å². The summed E-state index contributed by atoms with van der Waals surface area (Å²) in [6, 6.07) is 6.84. The lowest BCUT2D eigenvalue weighted by Crippen LogP contribution is -2.53. The molecule has 10 heteroatoms. The van der Waals surface area contributed by atoms with E-state index in [1.807, 2.05) is 34.1 Å². The zero-order valence-electron chi connectivity index (χ0n) is 15.3. The number of nitrogens with one attached hydrogen (secondary N) is 1. The van der Waals surface area contributed by atoms with Gasteiger partial charge in [0.25, 0.3) is 5.91 Å². The third kappa shape index (κ3) is 2.85. The molecule has 1 aromatic heterocycles. The summed E-state index contributed by atoms with van der Waals surface area (Å²) in [6.07, 6.45) is 1.41. The molecule has 1 aromatic carbocycles. The molecular formula is C18H21N7O3. The zero-order chi connectivity index (χ0) is 19.1. The van der Waals surface area contributed by atoms with Crippen molar-refractivity contribution in [3.05, 3.63) is 30.1 Å². The van der Waals surface area contributed by atoms with Gasteiger partial charge in [-0.3, -0.25) is 14.5 Å². The number of fused-ring (bicyclic) bond motifs is 3. The number of ether oxygens (including phenoxy) is 1. The summed E-state index contributed by atoms with van der Waals surface area (Å²) in [5, 5.41) is 15.0. The van der Waals surface area contributed by atoms with Crippen molar-refractivity contribution in [3.8, 4) is 5.69 Å².